The Balaban J connectivity index is 2.46. The molecule has 1 N–H and O–H groups in total. The molecule has 1 aromatic heterocycles. The number of thioether (sulfide) groups is 1. The summed E-state index contributed by atoms with van der Waals surface area (Å²) >= 11 is 5.09. The first kappa shape index (κ1) is 14.2. The number of nitro groups is 1. The summed E-state index contributed by atoms with van der Waals surface area (Å²) in [5.74, 6) is 1.80. The lowest BCUT2D eigenvalue weighted by atomic mass is 10.3. The van der Waals surface area contributed by atoms with Crippen molar-refractivity contribution in [2.45, 2.75) is 12.8 Å². The fourth-order valence-electron chi connectivity index (χ4n) is 1.24. The van der Waals surface area contributed by atoms with Crippen LogP contribution >= 0.6 is 27.7 Å². The van der Waals surface area contributed by atoms with E-state index in [9.17, 15) is 10.1 Å². The Morgan fingerprint density at radius 3 is 2.94 bits per heavy atom. The Morgan fingerprint density at radius 1 is 1.59 bits per heavy atom. The quantitative estimate of drug-likeness (QED) is 0.474. The van der Waals surface area contributed by atoms with Gasteiger partial charge in [-0.05, 0) is 40.8 Å². The van der Waals surface area contributed by atoms with Crippen molar-refractivity contribution in [1.82, 2.24) is 4.98 Å². The van der Waals surface area contributed by atoms with Crippen molar-refractivity contribution in [1.29, 1.82) is 0 Å². The summed E-state index contributed by atoms with van der Waals surface area (Å²) in [6.45, 7) is 0.823. The van der Waals surface area contributed by atoms with Gasteiger partial charge in [-0.15, -0.1) is 0 Å². The minimum absolute atomic E-state index is 0.00944. The third-order valence-electron chi connectivity index (χ3n) is 2.11. The van der Waals surface area contributed by atoms with Gasteiger partial charge >= 0.3 is 0 Å². The summed E-state index contributed by atoms with van der Waals surface area (Å²) in [5.41, 5.74) is -0.00944. The number of pyridine rings is 1. The van der Waals surface area contributed by atoms with E-state index in [2.05, 4.69) is 32.5 Å². The SMILES string of the molecule is CSCCCCNc1ncc([N+](=O)[O-])cc1Br. The molecule has 0 radical (unpaired) electrons. The van der Waals surface area contributed by atoms with Crippen molar-refractivity contribution >= 4 is 39.2 Å². The largest absolute Gasteiger partial charge is 0.369 e. The van der Waals surface area contributed by atoms with Crippen LogP contribution in [0.15, 0.2) is 16.7 Å². The van der Waals surface area contributed by atoms with E-state index in [-0.39, 0.29) is 5.69 Å². The third kappa shape index (κ3) is 4.91. The van der Waals surface area contributed by atoms with Crippen molar-refractivity contribution in [3.63, 3.8) is 0 Å². The molecule has 7 heteroatoms. The van der Waals surface area contributed by atoms with Gasteiger partial charge in [0.15, 0.2) is 0 Å². The molecule has 0 bridgehead atoms. The predicted octanol–water partition coefficient (Wildman–Crippen LogP) is 3.31. The number of aromatic nitrogens is 1. The van der Waals surface area contributed by atoms with Gasteiger partial charge in [-0.25, -0.2) is 4.98 Å². The van der Waals surface area contributed by atoms with E-state index in [0.717, 1.165) is 25.1 Å². The molecule has 1 aromatic rings. The lowest BCUT2D eigenvalue weighted by Gasteiger charge is -2.06. The molecule has 0 atom stereocenters. The Morgan fingerprint density at radius 2 is 2.35 bits per heavy atom. The highest BCUT2D eigenvalue weighted by Crippen LogP contribution is 2.24. The molecule has 0 aliphatic heterocycles. The van der Waals surface area contributed by atoms with Crippen LogP contribution in [0.5, 0.6) is 0 Å². The van der Waals surface area contributed by atoms with Crippen LogP contribution in [-0.2, 0) is 0 Å². The smallest absolute Gasteiger partial charge is 0.288 e. The number of hydrogen-bond donors (Lipinski definition) is 1. The summed E-state index contributed by atoms with van der Waals surface area (Å²) in [5, 5.41) is 13.7. The summed E-state index contributed by atoms with van der Waals surface area (Å²) in [6, 6.07) is 1.46. The van der Waals surface area contributed by atoms with Gasteiger partial charge in [0.1, 0.15) is 12.0 Å². The van der Waals surface area contributed by atoms with E-state index >= 15 is 0 Å². The minimum Gasteiger partial charge on any atom is -0.369 e. The molecule has 0 saturated carbocycles. The van der Waals surface area contributed by atoms with E-state index in [0.29, 0.717) is 10.3 Å². The van der Waals surface area contributed by atoms with Crippen LogP contribution < -0.4 is 5.32 Å². The number of nitrogens with zero attached hydrogens (tertiary/aromatic N) is 2. The molecule has 0 unspecified atom stereocenters. The van der Waals surface area contributed by atoms with Crippen molar-refractivity contribution in [3.8, 4) is 0 Å². The van der Waals surface area contributed by atoms with Crippen molar-refractivity contribution in [2.24, 2.45) is 0 Å². The molecule has 1 rings (SSSR count). The topological polar surface area (TPSA) is 68.1 Å². The molecule has 0 spiro atoms. The van der Waals surface area contributed by atoms with Crippen LogP contribution in [0.4, 0.5) is 11.5 Å². The first-order valence-corrected chi connectivity index (χ1v) is 7.36. The molecule has 0 amide bonds. The maximum absolute atomic E-state index is 10.5. The van der Waals surface area contributed by atoms with Crippen molar-refractivity contribution in [2.75, 3.05) is 23.9 Å². The molecular formula is C10H14BrN3O2S. The normalized spacial score (nSPS) is 10.2. The Hall–Kier alpha value is -0.820. The number of nitrogens with one attached hydrogen (secondary N) is 1. The van der Waals surface area contributed by atoms with Crippen LogP contribution in [0.25, 0.3) is 0 Å². The molecule has 0 aliphatic carbocycles. The van der Waals surface area contributed by atoms with Crippen LogP contribution in [0, 0.1) is 10.1 Å². The molecule has 17 heavy (non-hydrogen) atoms. The van der Waals surface area contributed by atoms with Crippen molar-refractivity contribution < 1.29 is 4.92 Å². The van der Waals surface area contributed by atoms with Crippen LogP contribution in [-0.4, -0.2) is 28.5 Å². The fourth-order valence-corrected chi connectivity index (χ4v) is 2.21. The van der Waals surface area contributed by atoms with E-state index in [1.54, 1.807) is 0 Å². The highest BCUT2D eigenvalue weighted by Gasteiger charge is 2.09. The van der Waals surface area contributed by atoms with Gasteiger partial charge in [-0.1, -0.05) is 0 Å². The van der Waals surface area contributed by atoms with Gasteiger partial charge in [0.2, 0.25) is 0 Å². The standard InChI is InChI=1S/C10H14BrN3O2S/c1-17-5-3-2-4-12-10-9(11)6-8(7-13-10)14(15)16/h6-7H,2-5H2,1H3,(H,12,13). The molecule has 5 nitrogen and oxygen atoms in total. The zero-order valence-corrected chi connectivity index (χ0v) is 11.9. The summed E-state index contributed by atoms with van der Waals surface area (Å²) in [4.78, 5) is 14.1. The van der Waals surface area contributed by atoms with Crippen molar-refractivity contribution in [3.05, 3.63) is 26.9 Å². The van der Waals surface area contributed by atoms with E-state index in [1.807, 2.05) is 11.8 Å². The predicted molar refractivity (Wildman–Crippen MR) is 74.7 cm³/mol. The first-order chi connectivity index (χ1) is 8.15. The monoisotopic (exact) mass is 319 g/mol. The highest BCUT2D eigenvalue weighted by atomic mass is 79.9. The van der Waals surface area contributed by atoms with E-state index in [1.165, 1.54) is 12.3 Å². The van der Waals surface area contributed by atoms with Gasteiger partial charge in [0, 0.05) is 12.6 Å². The number of rotatable bonds is 7. The molecule has 0 aromatic carbocycles. The molecule has 0 fully saturated rings. The highest BCUT2D eigenvalue weighted by molar-refractivity contribution is 9.10. The fraction of sp³-hybridized carbons (Fsp3) is 0.500. The Bertz CT molecular complexity index is 390. The molecule has 1 heterocycles. The third-order valence-corrected chi connectivity index (χ3v) is 3.41. The van der Waals surface area contributed by atoms with Crippen LogP contribution in [0.3, 0.4) is 0 Å². The van der Waals surface area contributed by atoms with Crippen LogP contribution in [0.1, 0.15) is 12.8 Å². The van der Waals surface area contributed by atoms with E-state index in [4.69, 9.17) is 0 Å². The van der Waals surface area contributed by atoms with Gasteiger partial charge < -0.3 is 5.32 Å². The van der Waals surface area contributed by atoms with Gasteiger partial charge in [0.25, 0.3) is 5.69 Å². The second-order valence-electron chi connectivity index (χ2n) is 3.41. The lowest BCUT2D eigenvalue weighted by Crippen LogP contribution is -2.04. The lowest BCUT2D eigenvalue weighted by molar-refractivity contribution is -0.385. The molecule has 94 valence electrons. The van der Waals surface area contributed by atoms with Crippen LogP contribution in [0.2, 0.25) is 0 Å². The molecular weight excluding hydrogens is 306 g/mol. The van der Waals surface area contributed by atoms with E-state index < -0.39 is 4.92 Å². The average Bonchev–Trinajstić information content (AvgIpc) is 2.30. The zero-order valence-electron chi connectivity index (χ0n) is 9.48. The summed E-state index contributed by atoms with van der Waals surface area (Å²) in [6.07, 6.45) is 5.56. The summed E-state index contributed by atoms with van der Waals surface area (Å²) in [7, 11) is 0. The minimum atomic E-state index is -0.458. The molecule has 0 saturated heterocycles. The Labute approximate surface area is 113 Å². The number of anilines is 1. The Kier molecular flexibility index (Phi) is 6.28. The second kappa shape index (κ2) is 7.50. The number of hydrogen-bond acceptors (Lipinski definition) is 5. The first-order valence-electron chi connectivity index (χ1n) is 5.18. The van der Waals surface area contributed by atoms with Gasteiger partial charge in [0.05, 0.1) is 9.40 Å². The maximum atomic E-state index is 10.5. The number of halogens is 1. The maximum Gasteiger partial charge on any atom is 0.288 e. The number of unbranched alkanes of at least 4 members (excludes halogenated alkanes) is 1. The summed E-state index contributed by atoms with van der Waals surface area (Å²) < 4.78 is 0.622. The zero-order chi connectivity index (χ0) is 12.7. The van der Waals surface area contributed by atoms with Gasteiger partial charge in [-0.3, -0.25) is 10.1 Å². The van der Waals surface area contributed by atoms with Gasteiger partial charge in [-0.2, -0.15) is 11.8 Å². The average molecular weight is 320 g/mol. The molecule has 0 aliphatic rings. The second-order valence-corrected chi connectivity index (χ2v) is 5.25.